The zero-order valence-corrected chi connectivity index (χ0v) is 15.6. The van der Waals surface area contributed by atoms with E-state index in [2.05, 4.69) is 19.2 Å². The summed E-state index contributed by atoms with van der Waals surface area (Å²) in [4.78, 5) is 37.0. The van der Waals surface area contributed by atoms with E-state index in [4.69, 9.17) is 4.74 Å². The Hall–Kier alpha value is -2.64. The van der Waals surface area contributed by atoms with Gasteiger partial charge in [-0.15, -0.1) is 0 Å². The minimum absolute atomic E-state index is 0.0660. The highest BCUT2D eigenvalue weighted by molar-refractivity contribution is 5.93. The van der Waals surface area contributed by atoms with Gasteiger partial charge in [0.05, 0.1) is 10.5 Å². The number of carbonyl (C=O) groups is 2. The summed E-state index contributed by atoms with van der Waals surface area (Å²) >= 11 is 0. The molecule has 1 aromatic rings. The lowest BCUT2D eigenvalue weighted by Crippen LogP contribution is -2.44. The lowest BCUT2D eigenvalue weighted by atomic mass is 9.92. The van der Waals surface area contributed by atoms with Gasteiger partial charge in [0, 0.05) is 25.2 Å². The molecule has 1 amide bonds. The number of nitro benzene ring substituents is 1. The van der Waals surface area contributed by atoms with Gasteiger partial charge in [0.25, 0.3) is 11.6 Å². The molecule has 2 atom stereocenters. The number of hydrogen-bond donors (Lipinski definition) is 1. The molecule has 3 rings (SSSR count). The first-order chi connectivity index (χ1) is 12.8. The second kappa shape index (κ2) is 7.94. The van der Waals surface area contributed by atoms with Crippen LogP contribution in [0, 0.1) is 22.0 Å². The Morgan fingerprint density at radius 2 is 1.93 bits per heavy atom. The van der Waals surface area contributed by atoms with E-state index in [1.807, 2.05) is 0 Å². The van der Waals surface area contributed by atoms with Gasteiger partial charge in [-0.2, -0.15) is 0 Å². The van der Waals surface area contributed by atoms with Crippen LogP contribution < -0.4 is 5.32 Å². The largest absolute Gasteiger partial charge is 0.452 e. The number of esters is 1. The van der Waals surface area contributed by atoms with Crippen molar-refractivity contribution in [1.82, 2.24) is 4.90 Å². The van der Waals surface area contributed by atoms with E-state index >= 15 is 0 Å². The van der Waals surface area contributed by atoms with E-state index in [1.54, 1.807) is 4.90 Å². The van der Waals surface area contributed by atoms with Gasteiger partial charge in [-0.1, -0.05) is 13.8 Å². The molecule has 0 unspecified atom stereocenters. The highest BCUT2D eigenvalue weighted by Gasteiger charge is 2.27. The quantitative estimate of drug-likeness (QED) is 0.466. The van der Waals surface area contributed by atoms with Gasteiger partial charge in [-0.05, 0) is 43.2 Å². The van der Waals surface area contributed by atoms with Crippen LogP contribution in [0.5, 0.6) is 0 Å². The van der Waals surface area contributed by atoms with Gasteiger partial charge in [0.2, 0.25) is 0 Å². The number of piperidine rings is 1. The predicted molar refractivity (Wildman–Crippen MR) is 99.5 cm³/mol. The molecule has 2 fully saturated rings. The Morgan fingerprint density at radius 3 is 2.52 bits per heavy atom. The fraction of sp³-hybridized carbons (Fsp3) is 0.579. The summed E-state index contributed by atoms with van der Waals surface area (Å²) in [5.41, 5.74) is 0.295. The first kappa shape index (κ1) is 19.1. The zero-order valence-electron chi connectivity index (χ0n) is 15.6. The lowest BCUT2D eigenvalue weighted by molar-refractivity contribution is -0.384. The van der Waals surface area contributed by atoms with Crippen molar-refractivity contribution in [1.29, 1.82) is 0 Å². The maximum absolute atomic E-state index is 12.3. The van der Waals surface area contributed by atoms with E-state index < -0.39 is 10.9 Å². The van der Waals surface area contributed by atoms with Crippen LogP contribution in [0.3, 0.4) is 0 Å². The number of anilines is 1. The number of ether oxygens (including phenoxy) is 1. The molecule has 1 aliphatic carbocycles. The molecular weight excluding hydrogens is 350 g/mol. The molecule has 1 N–H and O–H groups in total. The van der Waals surface area contributed by atoms with Gasteiger partial charge in [-0.3, -0.25) is 14.9 Å². The number of likely N-dealkylation sites (tertiary alicyclic amines) is 1. The summed E-state index contributed by atoms with van der Waals surface area (Å²) in [6.07, 6.45) is 3.04. The van der Waals surface area contributed by atoms with Crippen LogP contribution in [-0.4, -0.2) is 47.4 Å². The second-order valence-corrected chi connectivity index (χ2v) is 7.73. The van der Waals surface area contributed by atoms with Crippen molar-refractivity contribution in [3.8, 4) is 0 Å². The zero-order chi connectivity index (χ0) is 19.6. The summed E-state index contributed by atoms with van der Waals surface area (Å²) in [5.74, 6) is -0.129. The van der Waals surface area contributed by atoms with Crippen molar-refractivity contribution in [3.63, 3.8) is 0 Å². The van der Waals surface area contributed by atoms with Gasteiger partial charge in [-0.25, -0.2) is 4.79 Å². The Kier molecular flexibility index (Phi) is 5.62. The fourth-order valence-electron chi connectivity index (χ4n) is 3.55. The molecular formula is C19H25N3O5. The first-order valence-corrected chi connectivity index (χ1v) is 9.33. The van der Waals surface area contributed by atoms with Gasteiger partial charge >= 0.3 is 5.97 Å². The fourth-order valence-corrected chi connectivity index (χ4v) is 3.55. The summed E-state index contributed by atoms with van der Waals surface area (Å²) in [6.45, 7) is 5.16. The minimum Gasteiger partial charge on any atom is -0.452 e. The van der Waals surface area contributed by atoms with E-state index in [-0.39, 0.29) is 29.8 Å². The second-order valence-electron chi connectivity index (χ2n) is 7.73. The van der Waals surface area contributed by atoms with Crippen LogP contribution in [-0.2, 0) is 9.53 Å². The summed E-state index contributed by atoms with van der Waals surface area (Å²) < 4.78 is 5.11. The third-order valence-electron chi connectivity index (χ3n) is 4.92. The van der Waals surface area contributed by atoms with Gasteiger partial charge in [0.15, 0.2) is 6.61 Å². The van der Waals surface area contributed by atoms with Crippen molar-refractivity contribution in [3.05, 3.63) is 33.9 Å². The number of rotatable bonds is 6. The third-order valence-corrected chi connectivity index (χ3v) is 4.92. The molecule has 146 valence electrons. The molecule has 0 spiro atoms. The molecule has 1 aromatic carbocycles. The summed E-state index contributed by atoms with van der Waals surface area (Å²) in [5, 5.41) is 14.4. The molecule has 0 aromatic heterocycles. The lowest BCUT2D eigenvalue weighted by Gasteiger charge is -2.34. The molecule has 27 heavy (non-hydrogen) atoms. The average Bonchev–Trinajstić information content (AvgIpc) is 3.42. The smallest absolute Gasteiger partial charge is 0.338 e. The molecule has 1 saturated carbocycles. The van der Waals surface area contributed by atoms with E-state index in [0.717, 1.165) is 19.3 Å². The van der Waals surface area contributed by atoms with Crippen LogP contribution in [0.25, 0.3) is 0 Å². The average molecular weight is 375 g/mol. The molecule has 8 heteroatoms. The van der Waals surface area contributed by atoms with Crippen LogP contribution in [0.1, 0.15) is 43.5 Å². The Labute approximate surface area is 158 Å². The van der Waals surface area contributed by atoms with Crippen molar-refractivity contribution >= 4 is 23.3 Å². The maximum Gasteiger partial charge on any atom is 0.338 e. The number of hydrogen-bond acceptors (Lipinski definition) is 6. The maximum atomic E-state index is 12.3. The van der Waals surface area contributed by atoms with Crippen molar-refractivity contribution < 1.29 is 19.2 Å². The standard InChI is InChI=1S/C19H25N3O5/c1-12-7-13(2)10-21(9-12)18(23)11-27-19(24)14-3-6-16(20-15-4-5-15)17(8-14)22(25)26/h3,6,8,12-13,15,20H,4-5,7,9-11H2,1-2H3/t12-,13-/m1/s1. The van der Waals surface area contributed by atoms with Gasteiger partial charge < -0.3 is 15.0 Å². The predicted octanol–water partition coefficient (Wildman–Crippen LogP) is 2.83. The highest BCUT2D eigenvalue weighted by atomic mass is 16.6. The molecule has 0 bridgehead atoms. The Bertz CT molecular complexity index is 737. The number of carbonyl (C=O) groups excluding carboxylic acids is 2. The van der Waals surface area contributed by atoms with Crippen LogP contribution >= 0.6 is 0 Å². The number of benzene rings is 1. The van der Waals surface area contributed by atoms with Crippen LogP contribution in [0.4, 0.5) is 11.4 Å². The molecule has 1 aliphatic heterocycles. The third kappa shape index (κ3) is 4.96. The summed E-state index contributed by atoms with van der Waals surface area (Å²) in [7, 11) is 0. The van der Waals surface area contributed by atoms with Gasteiger partial charge in [0.1, 0.15) is 5.69 Å². The number of amides is 1. The van der Waals surface area contributed by atoms with E-state index in [1.165, 1.54) is 18.2 Å². The van der Waals surface area contributed by atoms with Crippen LogP contribution in [0.15, 0.2) is 18.2 Å². The van der Waals surface area contributed by atoms with Crippen LogP contribution in [0.2, 0.25) is 0 Å². The molecule has 2 aliphatic rings. The van der Waals surface area contributed by atoms with Crippen molar-refractivity contribution in [2.45, 2.75) is 39.2 Å². The highest BCUT2D eigenvalue weighted by Crippen LogP contribution is 2.31. The monoisotopic (exact) mass is 375 g/mol. The molecule has 1 heterocycles. The van der Waals surface area contributed by atoms with Crippen molar-refractivity contribution in [2.24, 2.45) is 11.8 Å². The minimum atomic E-state index is -0.734. The summed E-state index contributed by atoms with van der Waals surface area (Å²) in [6, 6.07) is 4.45. The molecule has 8 nitrogen and oxygen atoms in total. The van der Waals surface area contributed by atoms with Crippen molar-refractivity contribution in [2.75, 3.05) is 25.0 Å². The number of nitrogens with zero attached hydrogens (tertiary/aromatic N) is 2. The normalized spacial score (nSPS) is 22.2. The molecule has 1 saturated heterocycles. The molecule has 0 radical (unpaired) electrons. The number of nitrogens with one attached hydrogen (secondary N) is 1. The Morgan fingerprint density at radius 1 is 1.26 bits per heavy atom. The van der Waals surface area contributed by atoms with E-state index in [0.29, 0.717) is 30.6 Å². The first-order valence-electron chi connectivity index (χ1n) is 9.33. The topological polar surface area (TPSA) is 102 Å². The van der Waals surface area contributed by atoms with E-state index in [9.17, 15) is 19.7 Å². The Balaban J connectivity index is 1.61. The number of nitro groups is 1. The SMILES string of the molecule is C[C@@H]1C[C@@H](C)CN(C(=O)COC(=O)c2ccc(NC3CC3)c([N+](=O)[O-])c2)C1.